The molecule has 1 amide bonds. The molecule has 0 N–H and O–H groups in total. The van der Waals surface area contributed by atoms with E-state index in [0.29, 0.717) is 42.6 Å². The Morgan fingerprint density at radius 2 is 1.83 bits per heavy atom. The van der Waals surface area contributed by atoms with Crippen molar-refractivity contribution >= 4 is 39.9 Å². The summed E-state index contributed by atoms with van der Waals surface area (Å²) >= 11 is 6.34. The van der Waals surface area contributed by atoms with Gasteiger partial charge in [0.05, 0.1) is 16.2 Å². The molecule has 35 heavy (non-hydrogen) atoms. The number of halogens is 1. The van der Waals surface area contributed by atoms with E-state index in [0.717, 1.165) is 28.6 Å². The van der Waals surface area contributed by atoms with Crippen LogP contribution >= 0.6 is 11.6 Å². The van der Waals surface area contributed by atoms with Gasteiger partial charge in [-0.25, -0.2) is 4.98 Å². The maximum atomic E-state index is 14.0. The average Bonchev–Trinajstić information content (AvgIpc) is 3.01. The highest BCUT2D eigenvalue weighted by molar-refractivity contribution is 6.31. The molecule has 0 aliphatic carbocycles. The van der Waals surface area contributed by atoms with Gasteiger partial charge < -0.3 is 14.4 Å². The van der Waals surface area contributed by atoms with E-state index in [1.807, 2.05) is 60.5 Å². The Morgan fingerprint density at radius 1 is 1.03 bits per heavy atom. The Bertz CT molecular complexity index is 1400. The molecule has 0 bridgehead atoms. The zero-order chi connectivity index (χ0) is 24.5. The van der Waals surface area contributed by atoms with Crippen molar-refractivity contribution in [2.45, 2.75) is 6.42 Å². The number of hydrogen-bond donors (Lipinski definition) is 0. The van der Waals surface area contributed by atoms with Gasteiger partial charge in [-0.3, -0.25) is 14.9 Å². The van der Waals surface area contributed by atoms with E-state index in [4.69, 9.17) is 11.6 Å². The van der Waals surface area contributed by atoms with Gasteiger partial charge in [0, 0.05) is 55.2 Å². The largest absolute Gasteiger partial charge is 0.355 e. The van der Waals surface area contributed by atoms with Gasteiger partial charge in [-0.15, -0.1) is 0 Å². The van der Waals surface area contributed by atoms with Crippen LogP contribution in [0.3, 0.4) is 0 Å². The van der Waals surface area contributed by atoms with Crippen LogP contribution in [0.4, 0.5) is 11.5 Å². The number of hydrogen-bond acceptors (Lipinski definition) is 5. The maximum Gasteiger partial charge on any atom is 0.287 e. The number of rotatable bonds is 4. The summed E-state index contributed by atoms with van der Waals surface area (Å²) in [6.45, 7) is 2.42. The van der Waals surface area contributed by atoms with Crippen LogP contribution in [-0.4, -0.2) is 51.5 Å². The number of aromatic nitrogens is 2. The SMILES string of the molecule is Cn1c(-c2ccccc2)c(C(=O)N2CCCN(c3ccc([N+](=O)[O-])cn3)CC2)c2cc(Cl)ccc21. The van der Waals surface area contributed by atoms with Gasteiger partial charge in [-0.2, -0.15) is 0 Å². The molecular weight excluding hydrogens is 466 g/mol. The van der Waals surface area contributed by atoms with E-state index in [1.165, 1.54) is 12.3 Å². The number of amides is 1. The molecule has 1 fully saturated rings. The zero-order valence-corrected chi connectivity index (χ0v) is 20.0. The van der Waals surface area contributed by atoms with Gasteiger partial charge in [0.15, 0.2) is 0 Å². The predicted octanol–water partition coefficient (Wildman–Crippen LogP) is 5.15. The Morgan fingerprint density at radius 3 is 2.54 bits per heavy atom. The molecule has 0 saturated carbocycles. The maximum absolute atomic E-state index is 14.0. The number of carbonyl (C=O) groups is 1. The van der Waals surface area contributed by atoms with Crippen molar-refractivity contribution in [3.8, 4) is 11.3 Å². The molecule has 1 saturated heterocycles. The summed E-state index contributed by atoms with van der Waals surface area (Å²) in [5.41, 5.74) is 3.40. The van der Waals surface area contributed by atoms with Crippen molar-refractivity contribution in [2.24, 2.45) is 7.05 Å². The van der Waals surface area contributed by atoms with Crippen molar-refractivity contribution in [3.05, 3.63) is 87.6 Å². The van der Waals surface area contributed by atoms with Crippen LogP contribution in [0.1, 0.15) is 16.8 Å². The van der Waals surface area contributed by atoms with E-state index in [9.17, 15) is 14.9 Å². The summed E-state index contributed by atoms with van der Waals surface area (Å²) in [5.74, 6) is 0.641. The topological polar surface area (TPSA) is 84.5 Å². The van der Waals surface area contributed by atoms with Crippen molar-refractivity contribution < 1.29 is 9.72 Å². The molecule has 0 atom stereocenters. The molecule has 1 aliphatic rings. The minimum atomic E-state index is -0.458. The highest BCUT2D eigenvalue weighted by Crippen LogP contribution is 2.35. The van der Waals surface area contributed by atoms with Gasteiger partial charge in [-0.05, 0) is 36.2 Å². The Labute approximate surface area is 207 Å². The van der Waals surface area contributed by atoms with Crippen LogP contribution in [-0.2, 0) is 7.05 Å². The Balaban J connectivity index is 1.47. The molecule has 0 spiro atoms. The van der Waals surface area contributed by atoms with Gasteiger partial charge >= 0.3 is 0 Å². The molecule has 2 aromatic heterocycles. The third-order valence-electron chi connectivity index (χ3n) is 6.47. The highest BCUT2D eigenvalue weighted by atomic mass is 35.5. The monoisotopic (exact) mass is 489 g/mol. The summed E-state index contributed by atoms with van der Waals surface area (Å²) in [4.78, 5) is 32.7. The molecule has 9 heteroatoms. The fraction of sp³-hybridized carbons (Fsp3) is 0.231. The van der Waals surface area contributed by atoms with Crippen LogP contribution in [0.5, 0.6) is 0 Å². The first-order valence-corrected chi connectivity index (χ1v) is 11.8. The molecule has 5 rings (SSSR count). The smallest absolute Gasteiger partial charge is 0.287 e. The summed E-state index contributed by atoms with van der Waals surface area (Å²) in [6.07, 6.45) is 2.03. The lowest BCUT2D eigenvalue weighted by atomic mass is 10.0. The number of nitrogens with zero attached hydrogens (tertiary/aromatic N) is 5. The second-order valence-corrected chi connectivity index (χ2v) is 9.01. The van der Waals surface area contributed by atoms with Crippen LogP contribution in [0.15, 0.2) is 66.9 Å². The summed E-state index contributed by atoms with van der Waals surface area (Å²) < 4.78 is 2.05. The van der Waals surface area contributed by atoms with Gasteiger partial charge in [0.25, 0.3) is 11.6 Å². The highest BCUT2D eigenvalue weighted by Gasteiger charge is 2.28. The molecule has 178 valence electrons. The van der Waals surface area contributed by atoms with Crippen LogP contribution in [0, 0.1) is 10.1 Å². The summed E-state index contributed by atoms with van der Waals surface area (Å²) in [6, 6.07) is 18.7. The van der Waals surface area contributed by atoms with E-state index in [1.54, 1.807) is 6.07 Å². The number of benzene rings is 2. The number of carbonyl (C=O) groups excluding carboxylic acids is 1. The number of anilines is 1. The lowest BCUT2D eigenvalue weighted by Crippen LogP contribution is -2.35. The lowest BCUT2D eigenvalue weighted by Gasteiger charge is -2.23. The van der Waals surface area contributed by atoms with E-state index >= 15 is 0 Å². The van der Waals surface area contributed by atoms with Crippen molar-refractivity contribution in [2.75, 3.05) is 31.1 Å². The first kappa shape index (κ1) is 22.9. The van der Waals surface area contributed by atoms with Crippen LogP contribution < -0.4 is 4.90 Å². The zero-order valence-electron chi connectivity index (χ0n) is 19.2. The first-order chi connectivity index (χ1) is 16.9. The standard InChI is InChI=1S/C26H24ClN5O3/c1-29-22-10-8-19(27)16-21(22)24(25(29)18-6-3-2-4-7-18)26(33)31-13-5-12-30(14-15-31)23-11-9-20(17-28-23)32(34)35/h2-4,6-11,16-17H,5,12-15H2,1H3. The number of nitro groups is 1. The van der Waals surface area contributed by atoms with Crippen molar-refractivity contribution in [1.82, 2.24) is 14.5 Å². The molecule has 1 aliphatic heterocycles. The molecule has 2 aromatic carbocycles. The Kier molecular flexibility index (Phi) is 6.13. The summed E-state index contributed by atoms with van der Waals surface area (Å²) in [5, 5.41) is 12.4. The molecule has 8 nitrogen and oxygen atoms in total. The molecule has 4 aromatic rings. The average molecular weight is 490 g/mol. The van der Waals surface area contributed by atoms with Crippen molar-refractivity contribution in [3.63, 3.8) is 0 Å². The normalized spacial score (nSPS) is 14.2. The minimum Gasteiger partial charge on any atom is -0.355 e. The third kappa shape index (κ3) is 4.33. The van der Waals surface area contributed by atoms with Gasteiger partial charge in [0.2, 0.25) is 0 Å². The van der Waals surface area contributed by atoms with Gasteiger partial charge in [0.1, 0.15) is 12.0 Å². The van der Waals surface area contributed by atoms with Crippen LogP contribution in [0.25, 0.3) is 22.2 Å². The second-order valence-electron chi connectivity index (χ2n) is 8.57. The molecule has 0 unspecified atom stereocenters. The van der Waals surface area contributed by atoms with Crippen LogP contribution in [0.2, 0.25) is 5.02 Å². The van der Waals surface area contributed by atoms with E-state index < -0.39 is 4.92 Å². The first-order valence-electron chi connectivity index (χ1n) is 11.4. The lowest BCUT2D eigenvalue weighted by molar-refractivity contribution is -0.385. The summed E-state index contributed by atoms with van der Waals surface area (Å²) in [7, 11) is 1.97. The van der Waals surface area contributed by atoms with Crippen molar-refractivity contribution in [1.29, 1.82) is 0 Å². The fourth-order valence-corrected chi connectivity index (χ4v) is 4.92. The molecular formula is C26H24ClN5O3. The van der Waals surface area contributed by atoms with E-state index in [2.05, 4.69) is 14.5 Å². The molecule has 0 radical (unpaired) electrons. The third-order valence-corrected chi connectivity index (χ3v) is 6.71. The predicted molar refractivity (Wildman–Crippen MR) is 137 cm³/mol. The Hall–Kier alpha value is -3.91. The number of fused-ring (bicyclic) bond motifs is 1. The second kappa shape index (κ2) is 9.38. The molecule has 3 heterocycles. The fourth-order valence-electron chi connectivity index (χ4n) is 4.75. The van der Waals surface area contributed by atoms with Gasteiger partial charge in [-0.1, -0.05) is 41.9 Å². The van der Waals surface area contributed by atoms with E-state index in [-0.39, 0.29) is 11.6 Å². The number of pyridine rings is 1. The quantitative estimate of drug-likeness (QED) is 0.292. The number of aryl methyl sites for hydroxylation is 1. The minimum absolute atomic E-state index is 0.0322.